The third kappa shape index (κ3) is 2.90. The van der Waals surface area contributed by atoms with Crippen molar-refractivity contribution in [2.24, 2.45) is 0 Å². The number of pyridine rings is 1. The van der Waals surface area contributed by atoms with Gasteiger partial charge < -0.3 is 5.32 Å². The minimum absolute atomic E-state index is 0.283. The second-order valence-corrected chi connectivity index (χ2v) is 5.14. The van der Waals surface area contributed by atoms with E-state index in [1.54, 1.807) is 11.3 Å². The largest absolute Gasteiger partial charge is 0.313 e. The molecule has 0 bridgehead atoms. The zero-order chi connectivity index (χ0) is 12.3. The summed E-state index contributed by atoms with van der Waals surface area (Å²) >= 11 is 1.70. The van der Waals surface area contributed by atoms with Crippen LogP contribution in [0.25, 0.3) is 0 Å². The lowest BCUT2D eigenvalue weighted by atomic mass is 10.0. The Labute approximate surface area is 106 Å². The van der Waals surface area contributed by atoms with E-state index in [1.165, 1.54) is 5.56 Å². The molecule has 0 amide bonds. The van der Waals surface area contributed by atoms with E-state index in [2.05, 4.69) is 26.7 Å². The highest BCUT2D eigenvalue weighted by molar-refractivity contribution is 7.09. The molecule has 0 saturated heterocycles. The maximum atomic E-state index is 4.51. The number of rotatable bonds is 4. The predicted molar refractivity (Wildman–Crippen MR) is 71.3 cm³/mol. The standard InChI is InChI=1S/C13H17N3S/c1-9-12(5-4-6-15-9)13(14-3)7-11-8-17-10(2)16-11/h4-6,8,13-14H,7H2,1-3H3. The Hall–Kier alpha value is -1.26. The van der Waals surface area contributed by atoms with E-state index < -0.39 is 0 Å². The molecule has 2 aromatic rings. The lowest BCUT2D eigenvalue weighted by Crippen LogP contribution is -2.20. The topological polar surface area (TPSA) is 37.8 Å². The third-order valence-electron chi connectivity index (χ3n) is 2.85. The van der Waals surface area contributed by atoms with Gasteiger partial charge in [0.25, 0.3) is 0 Å². The molecule has 0 aliphatic carbocycles. The molecule has 0 radical (unpaired) electrons. The smallest absolute Gasteiger partial charge is 0.0897 e. The maximum absolute atomic E-state index is 4.51. The summed E-state index contributed by atoms with van der Waals surface area (Å²) in [6.45, 7) is 4.09. The fraction of sp³-hybridized carbons (Fsp3) is 0.385. The molecule has 0 aromatic carbocycles. The molecule has 0 aliphatic rings. The first-order chi connectivity index (χ1) is 8.20. The first kappa shape index (κ1) is 12.2. The lowest BCUT2D eigenvalue weighted by molar-refractivity contribution is 0.580. The van der Waals surface area contributed by atoms with Crippen molar-refractivity contribution in [3.63, 3.8) is 0 Å². The Morgan fingerprint density at radius 1 is 1.41 bits per heavy atom. The Kier molecular flexibility index (Phi) is 3.86. The number of hydrogen-bond donors (Lipinski definition) is 1. The van der Waals surface area contributed by atoms with E-state index in [4.69, 9.17) is 0 Å². The first-order valence-electron chi connectivity index (χ1n) is 5.70. The quantitative estimate of drug-likeness (QED) is 0.902. The van der Waals surface area contributed by atoms with Crippen molar-refractivity contribution in [1.29, 1.82) is 0 Å². The molecule has 0 saturated carbocycles. The zero-order valence-corrected chi connectivity index (χ0v) is 11.2. The molecular formula is C13H17N3S. The van der Waals surface area contributed by atoms with Gasteiger partial charge in [-0.15, -0.1) is 11.3 Å². The van der Waals surface area contributed by atoms with Crippen LogP contribution in [0.3, 0.4) is 0 Å². The van der Waals surface area contributed by atoms with Gasteiger partial charge in [0.05, 0.1) is 10.7 Å². The van der Waals surface area contributed by atoms with E-state index in [0.29, 0.717) is 0 Å². The predicted octanol–water partition coefficient (Wildman–Crippen LogP) is 2.66. The highest BCUT2D eigenvalue weighted by Crippen LogP contribution is 2.21. The van der Waals surface area contributed by atoms with Crippen LogP contribution in [0.1, 0.15) is 28.0 Å². The van der Waals surface area contributed by atoms with E-state index in [9.17, 15) is 0 Å². The first-order valence-corrected chi connectivity index (χ1v) is 6.58. The molecule has 0 spiro atoms. The molecule has 3 nitrogen and oxygen atoms in total. The van der Waals surface area contributed by atoms with Crippen LogP contribution < -0.4 is 5.32 Å². The maximum Gasteiger partial charge on any atom is 0.0897 e. The fourth-order valence-electron chi connectivity index (χ4n) is 1.94. The van der Waals surface area contributed by atoms with Crippen molar-refractivity contribution in [1.82, 2.24) is 15.3 Å². The molecular weight excluding hydrogens is 230 g/mol. The van der Waals surface area contributed by atoms with E-state index in [1.807, 2.05) is 33.2 Å². The van der Waals surface area contributed by atoms with Gasteiger partial charge in [0, 0.05) is 29.7 Å². The van der Waals surface area contributed by atoms with Gasteiger partial charge in [0.2, 0.25) is 0 Å². The van der Waals surface area contributed by atoms with Gasteiger partial charge in [-0.05, 0) is 32.5 Å². The number of likely N-dealkylation sites (N-methyl/N-ethyl adjacent to an activating group) is 1. The molecule has 4 heteroatoms. The van der Waals surface area contributed by atoms with Crippen LogP contribution >= 0.6 is 11.3 Å². The van der Waals surface area contributed by atoms with Crippen LogP contribution in [0.4, 0.5) is 0 Å². The molecule has 2 rings (SSSR count). The summed E-state index contributed by atoms with van der Waals surface area (Å²) in [4.78, 5) is 8.85. The fourth-order valence-corrected chi connectivity index (χ4v) is 2.57. The molecule has 1 N–H and O–H groups in total. The van der Waals surface area contributed by atoms with Gasteiger partial charge in [-0.25, -0.2) is 4.98 Å². The number of hydrogen-bond acceptors (Lipinski definition) is 4. The number of aryl methyl sites for hydroxylation is 2. The van der Waals surface area contributed by atoms with Crippen LogP contribution in [0, 0.1) is 13.8 Å². The zero-order valence-electron chi connectivity index (χ0n) is 10.4. The minimum Gasteiger partial charge on any atom is -0.313 e. The summed E-state index contributed by atoms with van der Waals surface area (Å²) in [5.41, 5.74) is 3.48. The highest BCUT2D eigenvalue weighted by atomic mass is 32.1. The van der Waals surface area contributed by atoms with Crippen molar-refractivity contribution in [3.05, 3.63) is 45.7 Å². The van der Waals surface area contributed by atoms with Gasteiger partial charge in [0.1, 0.15) is 0 Å². The third-order valence-corrected chi connectivity index (χ3v) is 3.67. The lowest BCUT2D eigenvalue weighted by Gasteiger charge is -2.17. The van der Waals surface area contributed by atoms with E-state index in [0.717, 1.165) is 22.8 Å². The molecule has 2 aromatic heterocycles. The molecule has 1 unspecified atom stereocenters. The number of thiazole rings is 1. The van der Waals surface area contributed by atoms with Crippen LogP contribution in [0.5, 0.6) is 0 Å². The summed E-state index contributed by atoms with van der Waals surface area (Å²) < 4.78 is 0. The van der Waals surface area contributed by atoms with E-state index in [-0.39, 0.29) is 6.04 Å². The van der Waals surface area contributed by atoms with Crippen molar-refractivity contribution in [2.75, 3.05) is 7.05 Å². The second-order valence-electron chi connectivity index (χ2n) is 4.08. The van der Waals surface area contributed by atoms with Crippen LogP contribution in [-0.4, -0.2) is 17.0 Å². The van der Waals surface area contributed by atoms with Crippen LogP contribution in [0.2, 0.25) is 0 Å². The summed E-state index contributed by atoms with van der Waals surface area (Å²) in [5.74, 6) is 0. The summed E-state index contributed by atoms with van der Waals surface area (Å²) in [7, 11) is 1.98. The molecule has 2 heterocycles. The van der Waals surface area contributed by atoms with Gasteiger partial charge >= 0.3 is 0 Å². The Bertz CT molecular complexity index is 493. The van der Waals surface area contributed by atoms with Crippen LogP contribution in [-0.2, 0) is 6.42 Å². The normalized spacial score (nSPS) is 12.6. The highest BCUT2D eigenvalue weighted by Gasteiger charge is 2.14. The minimum atomic E-state index is 0.283. The van der Waals surface area contributed by atoms with Gasteiger partial charge in [-0.3, -0.25) is 4.98 Å². The average Bonchev–Trinajstić information content (AvgIpc) is 2.73. The van der Waals surface area contributed by atoms with Crippen molar-refractivity contribution >= 4 is 11.3 Å². The number of nitrogens with zero attached hydrogens (tertiary/aromatic N) is 2. The molecule has 0 fully saturated rings. The van der Waals surface area contributed by atoms with Gasteiger partial charge in [-0.2, -0.15) is 0 Å². The summed E-state index contributed by atoms with van der Waals surface area (Å²) in [6, 6.07) is 4.40. The van der Waals surface area contributed by atoms with Crippen LogP contribution in [0.15, 0.2) is 23.7 Å². The Morgan fingerprint density at radius 3 is 2.82 bits per heavy atom. The molecule has 17 heavy (non-hydrogen) atoms. The Morgan fingerprint density at radius 2 is 2.24 bits per heavy atom. The van der Waals surface area contributed by atoms with Crippen molar-refractivity contribution in [2.45, 2.75) is 26.3 Å². The molecule has 90 valence electrons. The average molecular weight is 247 g/mol. The van der Waals surface area contributed by atoms with Gasteiger partial charge in [-0.1, -0.05) is 6.07 Å². The molecule has 0 aliphatic heterocycles. The number of aromatic nitrogens is 2. The van der Waals surface area contributed by atoms with E-state index >= 15 is 0 Å². The monoisotopic (exact) mass is 247 g/mol. The second kappa shape index (κ2) is 5.38. The van der Waals surface area contributed by atoms with Gasteiger partial charge in [0.15, 0.2) is 0 Å². The Balaban J connectivity index is 2.20. The van der Waals surface area contributed by atoms with Crippen molar-refractivity contribution < 1.29 is 0 Å². The molecule has 1 atom stereocenters. The summed E-state index contributed by atoms with van der Waals surface area (Å²) in [5, 5.41) is 6.59. The SMILES string of the molecule is CNC(Cc1csc(C)n1)c1cccnc1C. The number of nitrogens with one attached hydrogen (secondary N) is 1. The van der Waals surface area contributed by atoms with Crippen molar-refractivity contribution in [3.8, 4) is 0 Å². The summed E-state index contributed by atoms with van der Waals surface area (Å²) in [6.07, 6.45) is 2.74.